The van der Waals surface area contributed by atoms with Crippen molar-refractivity contribution in [3.8, 4) is 22.0 Å². The zero-order valence-corrected chi connectivity index (χ0v) is 34.0. The molecule has 0 bridgehead atoms. The van der Waals surface area contributed by atoms with Crippen LogP contribution in [-0.2, 0) is 0 Å². The first-order valence-electron chi connectivity index (χ1n) is 19.9. The number of oxazole rings is 1. The van der Waals surface area contributed by atoms with E-state index in [-0.39, 0.29) is 0 Å². The predicted octanol–water partition coefficient (Wildman–Crippen LogP) is 15.0. The standard InChI is InChI=1S/C52H32N6OS2/c1-3-11-47-45(9-1)55-51(59-47)33-13-18-37(19-14-33)57(41-7-5-25-53-31-41)39-22-17-35-28-44-43-24-23-40(30-50(43)60-49(44)29-36(35)27-39)58(42-8-6-26-54-32-42)38-20-15-34(16-21-38)52-56-46-10-2-4-12-48(46)61-52/h1-32H. The molecule has 5 heterocycles. The molecule has 0 radical (unpaired) electrons. The van der Waals surface area contributed by atoms with E-state index in [1.807, 2.05) is 72.4 Å². The second-order valence-electron chi connectivity index (χ2n) is 14.8. The first-order valence-corrected chi connectivity index (χ1v) is 21.5. The van der Waals surface area contributed by atoms with Crippen molar-refractivity contribution in [3.63, 3.8) is 0 Å². The third-order valence-electron chi connectivity index (χ3n) is 11.1. The van der Waals surface area contributed by atoms with E-state index >= 15 is 0 Å². The molecule has 5 aromatic heterocycles. The maximum absolute atomic E-state index is 6.07. The van der Waals surface area contributed by atoms with Gasteiger partial charge in [-0.15, -0.1) is 22.7 Å². The predicted molar refractivity (Wildman–Crippen MR) is 253 cm³/mol. The molecule has 0 aliphatic carbocycles. The molecule has 0 atom stereocenters. The van der Waals surface area contributed by atoms with Gasteiger partial charge in [-0.3, -0.25) is 9.97 Å². The molecule has 12 aromatic rings. The van der Waals surface area contributed by atoms with E-state index < -0.39 is 0 Å². The van der Waals surface area contributed by atoms with Crippen molar-refractivity contribution in [2.75, 3.05) is 9.80 Å². The van der Waals surface area contributed by atoms with E-state index in [4.69, 9.17) is 14.4 Å². The van der Waals surface area contributed by atoms with Crippen molar-refractivity contribution < 1.29 is 4.42 Å². The molecule has 0 unspecified atom stereocenters. The lowest BCUT2D eigenvalue weighted by molar-refractivity contribution is 0.620. The van der Waals surface area contributed by atoms with Gasteiger partial charge in [0.1, 0.15) is 10.5 Å². The fraction of sp³-hybridized carbons (Fsp3) is 0. The summed E-state index contributed by atoms with van der Waals surface area (Å²) in [6.45, 7) is 0. The van der Waals surface area contributed by atoms with Crippen molar-refractivity contribution in [1.29, 1.82) is 0 Å². The van der Waals surface area contributed by atoms with E-state index in [2.05, 4.69) is 147 Å². The summed E-state index contributed by atoms with van der Waals surface area (Å²) in [5.74, 6) is 0.603. The number of thiophene rings is 1. The van der Waals surface area contributed by atoms with Crippen molar-refractivity contribution in [2.45, 2.75) is 0 Å². The number of fused-ring (bicyclic) bond motifs is 6. The van der Waals surface area contributed by atoms with Gasteiger partial charge in [0.2, 0.25) is 5.89 Å². The van der Waals surface area contributed by atoms with Crippen LogP contribution in [0, 0.1) is 0 Å². The fourth-order valence-electron chi connectivity index (χ4n) is 8.14. The summed E-state index contributed by atoms with van der Waals surface area (Å²) in [6.07, 6.45) is 7.44. The average Bonchev–Trinajstić information content (AvgIpc) is 4.05. The van der Waals surface area contributed by atoms with Crippen LogP contribution in [0.15, 0.2) is 199 Å². The maximum atomic E-state index is 6.07. The van der Waals surface area contributed by atoms with Gasteiger partial charge in [0, 0.05) is 66.4 Å². The molecule has 12 rings (SSSR count). The van der Waals surface area contributed by atoms with E-state index in [1.165, 1.54) is 35.6 Å². The lowest BCUT2D eigenvalue weighted by atomic mass is 10.0. The Morgan fingerprint density at radius 2 is 1.05 bits per heavy atom. The van der Waals surface area contributed by atoms with E-state index in [0.717, 1.165) is 66.9 Å². The fourth-order valence-corrected chi connectivity index (χ4v) is 10.3. The minimum absolute atomic E-state index is 0.603. The molecule has 288 valence electrons. The normalized spacial score (nSPS) is 11.6. The number of rotatable bonds is 8. The highest BCUT2D eigenvalue weighted by Crippen LogP contribution is 2.44. The highest BCUT2D eigenvalue weighted by Gasteiger charge is 2.18. The van der Waals surface area contributed by atoms with Gasteiger partial charge in [0.05, 0.1) is 34.0 Å². The highest BCUT2D eigenvalue weighted by molar-refractivity contribution is 7.26. The van der Waals surface area contributed by atoms with E-state index in [0.29, 0.717) is 5.89 Å². The Morgan fingerprint density at radius 1 is 0.410 bits per heavy atom. The van der Waals surface area contributed by atoms with Crippen LogP contribution in [-0.4, -0.2) is 19.9 Å². The second-order valence-corrected chi connectivity index (χ2v) is 16.9. The number of para-hydroxylation sites is 3. The summed E-state index contributed by atoms with van der Waals surface area (Å²) in [7, 11) is 0. The lowest BCUT2D eigenvalue weighted by Crippen LogP contribution is -2.10. The Bertz CT molecular complexity index is 3310. The van der Waals surface area contributed by atoms with Crippen LogP contribution in [0.3, 0.4) is 0 Å². The Morgan fingerprint density at radius 3 is 1.75 bits per heavy atom. The molecule has 0 fully saturated rings. The lowest BCUT2D eigenvalue weighted by Gasteiger charge is -2.25. The summed E-state index contributed by atoms with van der Waals surface area (Å²) in [5.41, 5.74) is 10.8. The number of hydrogen-bond acceptors (Lipinski definition) is 9. The molecule has 0 saturated carbocycles. The van der Waals surface area contributed by atoms with Crippen LogP contribution in [0.2, 0.25) is 0 Å². The molecule has 9 heteroatoms. The van der Waals surface area contributed by atoms with Crippen molar-refractivity contribution in [1.82, 2.24) is 19.9 Å². The number of thiazole rings is 1. The molecule has 0 aliphatic rings. The molecule has 0 amide bonds. The average molecular weight is 821 g/mol. The Kier molecular flexibility index (Phi) is 8.39. The third kappa shape index (κ3) is 6.35. The number of benzene rings is 7. The van der Waals surface area contributed by atoms with Crippen LogP contribution in [0.4, 0.5) is 34.1 Å². The molecule has 0 aliphatic heterocycles. The summed E-state index contributed by atoms with van der Waals surface area (Å²) >= 11 is 3.54. The summed E-state index contributed by atoms with van der Waals surface area (Å²) in [6, 6.07) is 59.5. The third-order valence-corrected chi connectivity index (χ3v) is 13.3. The van der Waals surface area contributed by atoms with Crippen LogP contribution in [0.25, 0.3) is 74.3 Å². The second kappa shape index (κ2) is 14.5. The minimum atomic E-state index is 0.603. The topological polar surface area (TPSA) is 71.2 Å². The summed E-state index contributed by atoms with van der Waals surface area (Å²) in [4.78, 5) is 23.1. The molecule has 7 aromatic carbocycles. The first-order chi connectivity index (χ1) is 30.2. The Labute approximate surface area is 358 Å². The Hall–Kier alpha value is -7.72. The van der Waals surface area contributed by atoms with Crippen LogP contribution in [0.5, 0.6) is 0 Å². The van der Waals surface area contributed by atoms with Gasteiger partial charge < -0.3 is 14.2 Å². The molecule has 61 heavy (non-hydrogen) atoms. The van der Waals surface area contributed by atoms with Crippen LogP contribution in [0.1, 0.15) is 0 Å². The molecule has 0 saturated heterocycles. The molecular weight excluding hydrogens is 789 g/mol. The van der Waals surface area contributed by atoms with Gasteiger partial charge in [-0.25, -0.2) is 9.97 Å². The maximum Gasteiger partial charge on any atom is 0.227 e. The van der Waals surface area contributed by atoms with Crippen LogP contribution < -0.4 is 9.80 Å². The molecule has 0 spiro atoms. The monoisotopic (exact) mass is 820 g/mol. The summed E-state index contributed by atoms with van der Waals surface area (Å²) in [5, 5.41) is 5.85. The van der Waals surface area contributed by atoms with Gasteiger partial charge >= 0.3 is 0 Å². The van der Waals surface area contributed by atoms with Gasteiger partial charge in [-0.05, 0) is 144 Å². The zero-order chi connectivity index (χ0) is 40.3. The summed E-state index contributed by atoms with van der Waals surface area (Å²) < 4.78 is 9.72. The molecule has 0 N–H and O–H groups in total. The van der Waals surface area contributed by atoms with Crippen molar-refractivity contribution in [3.05, 3.63) is 195 Å². The zero-order valence-electron chi connectivity index (χ0n) is 32.4. The largest absolute Gasteiger partial charge is 0.436 e. The number of nitrogens with zero attached hydrogens (tertiary/aromatic N) is 6. The molecule has 7 nitrogen and oxygen atoms in total. The van der Waals surface area contributed by atoms with Crippen LogP contribution >= 0.6 is 22.7 Å². The Balaban J connectivity index is 0.903. The smallest absolute Gasteiger partial charge is 0.227 e. The van der Waals surface area contributed by atoms with Gasteiger partial charge in [-0.2, -0.15) is 0 Å². The number of hydrogen-bond donors (Lipinski definition) is 0. The number of aromatic nitrogens is 4. The first kappa shape index (κ1) is 35.2. The van der Waals surface area contributed by atoms with Gasteiger partial charge in [0.25, 0.3) is 0 Å². The minimum Gasteiger partial charge on any atom is -0.436 e. The molecular formula is C52H32N6OS2. The quantitative estimate of drug-likeness (QED) is 0.151. The van der Waals surface area contributed by atoms with E-state index in [9.17, 15) is 0 Å². The number of anilines is 6. The van der Waals surface area contributed by atoms with Gasteiger partial charge in [0.15, 0.2) is 5.58 Å². The number of pyridine rings is 2. The van der Waals surface area contributed by atoms with Crippen molar-refractivity contribution in [2.24, 2.45) is 0 Å². The highest BCUT2D eigenvalue weighted by atomic mass is 32.1. The van der Waals surface area contributed by atoms with Gasteiger partial charge in [-0.1, -0.05) is 36.4 Å². The van der Waals surface area contributed by atoms with Crippen molar-refractivity contribution >= 4 is 109 Å². The SMILES string of the molecule is c1cncc(N(c2ccc(-c3nc4ccccc4o3)cc2)c2ccc3cc4c(cc3c2)sc2cc(N(c3ccc(-c5nc6ccccc6s5)cc3)c3cccnc3)ccc24)c1. The van der Waals surface area contributed by atoms with E-state index in [1.54, 1.807) is 17.5 Å².